The number of amides is 1. The zero-order valence-corrected chi connectivity index (χ0v) is 22.0. The first-order valence-corrected chi connectivity index (χ1v) is 13.2. The molecule has 2 N–H and O–H groups in total. The maximum absolute atomic E-state index is 13.4. The molecule has 2 aromatic rings. The lowest BCUT2D eigenvalue weighted by Gasteiger charge is -2.31. The number of aliphatic hydroxyl groups is 1. The SMILES string of the molecule is CCCCOc1cccc(C(O)=C2C(=O)C(=O)N(CCN3CCOCC3)C2c2ccc(O)c(OCC)c2)c1. The number of carbonyl (C=O) groups is 2. The Morgan fingerprint density at radius 2 is 1.84 bits per heavy atom. The molecule has 2 aliphatic heterocycles. The normalized spacial score (nSPS) is 19.6. The zero-order chi connectivity index (χ0) is 27.1. The number of carbonyl (C=O) groups excluding carboxylic acids is 2. The summed E-state index contributed by atoms with van der Waals surface area (Å²) in [6, 6.07) is 10.8. The molecule has 38 heavy (non-hydrogen) atoms. The predicted molar refractivity (Wildman–Crippen MR) is 142 cm³/mol. The second-order valence-corrected chi connectivity index (χ2v) is 9.34. The van der Waals surface area contributed by atoms with E-state index in [-0.39, 0.29) is 29.4 Å². The molecule has 0 aromatic heterocycles. The molecule has 204 valence electrons. The number of benzene rings is 2. The molecule has 2 saturated heterocycles. The van der Waals surface area contributed by atoms with Gasteiger partial charge in [-0.25, -0.2) is 0 Å². The fourth-order valence-electron chi connectivity index (χ4n) is 4.73. The molecule has 2 aromatic carbocycles. The Kier molecular flexibility index (Phi) is 9.25. The minimum atomic E-state index is -0.847. The van der Waals surface area contributed by atoms with Gasteiger partial charge in [-0.1, -0.05) is 31.5 Å². The Morgan fingerprint density at radius 1 is 1.05 bits per heavy atom. The third kappa shape index (κ3) is 6.11. The van der Waals surface area contributed by atoms with Crippen LogP contribution in [0.5, 0.6) is 17.2 Å². The summed E-state index contributed by atoms with van der Waals surface area (Å²) in [5.74, 6) is -0.921. The lowest BCUT2D eigenvalue weighted by molar-refractivity contribution is -0.140. The van der Waals surface area contributed by atoms with Gasteiger partial charge < -0.3 is 29.3 Å². The van der Waals surface area contributed by atoms with Crippen LogP contribution in [0.1, 0.15) is 43.9 Å². The molecule has 2 fully saturated rings. The topological polar surface area (TPSA) is 109 Å². The number of aliphatic hydroxyl groups excluding tert-OH is 1. The number of ether oxygens (including phenoxy) is 3. The summed E-state index contributed by atoms with van der Waals surface area (Å²) in [4.78, 5) is 30.4. The van der Waals surface area contributed by atoms with Crippen molar-refractivity contribution in [1.29, 1.82) is 0 Å². The van der Waals surface area contributed by atoms with E-state index >= 15 is 0 Å². The van der Waals surface area contributed by atoms with Gasteiger partial charge in [0, 0.05) is 31.7 Å². The average Bonchev–Trinajstić information content (AvgIpc) is 3.18. The number of morpholine rings is 1. The first-order valence-electron chi connectivity index (χ1n) is 13.2. The van der Waals surface area contributed by atoms with Crippen molar-refractivity contribution in [2.75, 3.05) is 52.6 Å². The van der Waals surface area contributed by atoms with Crippen molar-refractivity contribution < 1.29 is 34.0 Å². The molecule has 1 unspecified atom stereocenters. The second-order valence-electron chi connectivity index (χ2n) is 9.34. The van der Waals surface area contributed by atoms with E-state index in [1.54, 1.807) is 43.3 Å². The van der Waals surface area contributed by atoms with Gasteiger partial charge in [-0.05, 0) is 43.2 Å². The first kappa shape index (κ1) is 27.5. The summed E-state index contributed by atoms with van der Waals surface area (Å²) >= 11 is 0. The van der Waals surface area contributed by atoms with Crippen molar-refractivity contribution in [3.8, 4) is 17.2 Å². The van der Waals surface area contributed by atoms with Gasteiger partial charge in [-0.15, -0.1) is 0 Å². The Morgan fingerprint density at radius 3 is 2.58 bits per heavy atom. The largest absolute Gasteiger partial charge is 0.507 e. The van der Waals surface area contributed by atoms with Gasteiger partial charge >= 0.3 is 0 Å². The van der Waals surface area contributed by atoms with Gasteiger partial charge in [0.15, 0.2) is 11.5 Å². The van der Waals surface area contributed by atoms with Crippen LogP contribution in [0.15, 0.2) is 48.0 Å². The highest BCUT2D eigenvalue weighted by Crippen LogP contribution is 2.42. The maximum atomic E-state index is 13.4. The van der Waals surface area contributed by atoms with Crippen LogP contribution in [-0.2, 0) is 14.3 Å². The van der Waals surface area contributed by atoms with Crippen LogP contribution in [0.25, 0.3) is 5.76 Å². The van der Waals surface area contributed by atoms with Crippen LogP contribution in [0.2, 0.25) is 0 Å². The number of hydrogen-bond donors (Lipinski definition) is 2. The Labute approximate surface area is 223 Å². The molecule has 0 spiro atoms. The summed E-state index contributed by atoms with van der Waals surface area (Å²) in [7, 11) is 0. The third-order valence-corrected chi connectivity index (χ3v) is 6.77. The fourth-order valence-corrected chi connectivity index (χ4v) is 4.73. The quantitative estimate of drug-likeness (QED) is 0.198. The molecule has 1 atom stereocenters. The van der Waals surface area contributed by atoms with Crippen molar-refractivity contribution in [3.63, 3.8) is 0 Å². The van der Waals surface area contributed by atoms with Gasteiger partial charge in [0.2, 0.25) is 0 Å². The molecule has 0 aliphatic carbocycles. The van der Waals surface area contributed by atoms with E-state index < -0.39 is 17.7 Å². The van der Waals surface area contributed by atoms with Crippen LogP contribution in [0.4, 0.5) is 0 Å². The van der Waals surface area contributed by atoms with E-state index in [0.717, 1.165) is 25.9 Å². The number of phenolic OH excluding ortho intramolecular Hbond substituents is 1. The summed E-state index contributed by atoms with van der Waals surface area (Å²) in [6.45, 7) is 8.32. The van der Waals surface area contributed by atoms with Crippen molar-refractivity contribution >= 4 is 17.4 Å². The summed E-state index contributed by atoms with van der Waals surface area (Å²) in [6.07, 6.45) is 1.89. The van der Waals surface area contributed by atoms with Crippen LogP contribution < -0.4 is 9.47 Å². The van der Waals surface area contributed by atoms with Gasteiger partial charge in [-0.3, -0.25) is 14.5 Å². The van der Waals surface area contributed by atoms with Crippen LogP contribution in [0, 0.1) is 0 Å². The number of aromatic hydroxyl groups is 1. The molecule has 4 rings (SSSR count). The molecule has 9 nitrogen and oxygen atoms in total. The average molecular weight is 525 g/mol. The number of rotatable bonds is 11. The second kappa shape index (κ2) is 12.8. The number of nitrogens with zero attached hydrogens (tertiary/aromatic N) is 2. The molecule has 0 saturated carbocycles. The monoisotopic (exact) mass is 524 g/mol. The van der Waals surface area contributed by atoms with Gasteiger partial charge in [0.25, 0.3) is 11.7 Å². The van der Waals surface area contributed by atoms with Gasteiger partial charge in [0.1, 0.15) is 11.5 Å². The number of phenols is 1. The van der Waals surface area contributed by atoms with Crippen molar-refractivity contribution in [2.45, 2.75) is 32.7 Å². The lowest BCUT2D eigenvalue weighted by Crippen LogP contribution is -2.42. The lowest BCUT2D eigenvalue weighted by atomic mass is 9.95. The molecule has 0 radical (unpaired) electrons. The number of Topliss-reactive ketones (excluding diaryl/α,β-unsaturated/α-hetero) is 1. The van der Waals surface area contributed by atoms with Gasteiger partial charge in [-0.2, -0.15) is 0 Å². The van der Waals surface area contributed by atoms with E-state index in [1.165, 1.54) is 11.0 Å². The van der Waals surface area contributed by atoms with Crippen LogP contribution in [-0.4, -0.2) is 84.3 Å². The summed E-state index contributed by atoms with van der Waals surface area (Å²) in [5, 5.41) is 21.7. The highest BCUT2D eigenvalue weighted by molar-refractivity contribution is 6.46. The van der Waals surface area contributed by atoms with Gasteiger partial charge in [0.05, 0.1) is 38.0 Å². The van der Waals surface area contributed by atoms with Crippen LogP contribution >= 0.6 is 0 Å². The smallest absolute Gasteiger partial charge is 0.295 e. The molecule has 2 heterocycles. The van der Waals surface area contributed by atoms with E-state index in [0.29, 0.717) is 49.8 Å². The van der Waals surface area contributed by atoms with Crippen molar-refractivity contribution in [3.05, 3.63) is 59.2 Å². The number of unbranched alkanes of at least 4 members (excludes halogenated alkanes) is 1. The maximum Gasteiger partial charge on any atom is 0.295 e. The Hall–Kier alpha value is -3.56. The molecule has 1 amide bonds. The molecule has 2 aliphatic rings. The number of hydrogen-bond acceptors (Lipinski definition) is 8. The van der Waals surface area contributed by atoms with Crippen molar-refractivity contribution in [2.24, 2.45) is 0 Å². The minimum Gasteiger partial charge on any atom is -0.507 e. The van der Waals surface area contributed by atoms with E-state index in [2.05, 4.69) is 11.8 Å². The van der Waals surface area contributed by atoms with Crippen LogP contribution in [0.3, 0.4) is 0 Å². The fraction of sp³-hybridized carbons (Fsp3) is 0.448. The predicted octanol–water partition coefficient (Wildman–Crippen LogP) is 3.72. The molecular formula is C29H36N2O7. The van der Waals surface area contributed by atoms with E-state index in [9.17, 15) is 19.8 Å². The Balaban J connectivity index is 1.74. The highest BCUT2D eigenvalue weighted by atomic mass is 16.5. The standard InChI is InChI=1S/C29H36N2O7/c1-3-5-15-38-22-8-6-7-21(18-22)27(33)25-26(20-9-10-23(32)24(19-20)37-4-2)31(29(35)28(25)34)12-11-30-13-16-36-17-14-30/h6-10,18-19,26,32-33H,3-5,11-17H2,1-2H3. The molecule has 0 bridgehead atoms. The third-order valence-electron chi connectivity index (χ3n) is 6.77. The Bertz CT molecular complexity index is 1170. The van der Waals surface area contributed by atoms with E-state index in [4.69, 9.17) is 14.2 Å². The minimum absolute atomic E-state index is 0.00387. The summed E-state index contributed by atoms with van der Waals surface area (Å²) in [5.41, 5.74) is 0.944. The molecule has 9 heteroatoms. The highest BCUT2D eigenvalue weighted by Gasteiger charge is 2.46. The number of ketones is 1. The first-order chi connectivity index (χ1) is 18.4. The zero-order valence-electron chi connectivity index (χ0n) is 22.0. The molecular weight excluding hydrogens is 488 g/mol. The number of likely N-dealkylation sites (tertiary alicyclic amines) is 1. The summed E-state index contributed by atoms with van der Waals surface area (Å²) < 4.78 is 16.8. The van der Waals surface area contributed by atoms with E-state index in [1.807, 2.05) is 0 Å². The van der Waals surface area contributed by atoms with Crippen molar-refractivity contribution in [1.82, 2.24) is 9.80 Å².